The molecule has 1 aliphatic rings. The van der Waals surface area contributed by atoms with E-state index in [-0.39, 0.29) is 12.5 Å². The average Bonchev–Trinajstić information content (AvgIpc) is 3.26. The lowest BCUT2D eigenvalue weighted by Gasteiger charge is -2.25. The third-order valence-corrected chi connectivity index (χ3v) is 4.26. The number of rotatable bonds is 4. The van der Waals surface area contributed by atoms with Gasteiger partial charge in [0.15, 0.2) is 5.76 Å². The Morgan fingerprint density at radius 3 is 3.08 bits per heavy atom. The van der Waals surface area contributed by atoms with Crippen LogP contribution in [0.3, 0.4) is 0 Å². The van der Waals surface area contributed by atoms with Crippen LogP contribution in [0.1, 0.15) is 33.1 Å². The molecule has 0 aliphatic carbocycles. The number of ether oxygens (including phenoxy) is 1. The summed E-state index contributed by atoms with van der Waals surface area (Å²) in [6, 6.07) is 5.42. The molecule has 0 unspecified atom stereocenters. The minimum absolute atomic E-state index is 0.117. The maximum Gasteiger partial charge on any atom is 0.290 e. The molecular formula is C18H17N3O4. The average molecular weight is 339 g/mol. The Morgan fingerprint density at radius 2 is 2.32 bits per heavy atom. The molecule has 0 N–H and O–H groups in total. The summed E-state index contributed by atoms with van der Waals surface area (Å²) in [5, 5.41) is 4.11. The molecule has 1 aliphatic heterocycles. The van der Waals surface area contributed by atoms with E-state index in [1.807, 2.05) is 13.0 Å². The Bertz CT molecular complexity index is 885. The van der Waals surface area contributed by atoms with E-state index in [0.29, 0.717) is 36.7 Å². The van der Waals surface area contributed by atoms with Crippen molar-refractivity contribution in [1.82, 2.24) is 15.0 Å². The van der Waals surface area contributed by atoms with Crippen molar-refractivity contribution in [2.75, 3.05) is 6.54 Å². The second-order valence-electron chi connectivity index (χ2n) is 5.92. The van der Waals surface area contributed by atoms with Crippen LogP contribution in [0, 0.1) is 6.92 Å². The van der Waals surface area contributed by atoms with Gasteiger partial charge in [0.05, 0.1) is 19.0 Å². The summed E-state index contributed by atoms with van der Waals surface area (Å²) in [5.74, 6) is 1.74. The molecule has 0 saturated heterocycles. The van der Waals surface area contributed by atoms with Gasteiger partial charge in [0.1, 0.15) is 23.8 Å². The number of carbonyl (C=O) groups is 1. The number of hydrogen-bond acceptors (Lipinski definition) is 6. The zero-order valence-corrected chi connectivity index (χ0v) is 13.8. The second kappa shape index (κ2) is 6.43. The summed E-state index contributed by atoms with van der Waals surface area (Å²) < 4.78 is 16.4. The highest BCUT2D eigenvalue weighted by Gasteiger charge is 2.29. The SMILES string of the molecule is Cc1ccoc1C(=O)N1CCc2onc(COc3cccnc3)c2C1. The van der Waals surface area contributed by atoms with Crippen molar-refractivity contribution in [3.8, 4) is 5.75 Å². The molecule has 128 valence electrons. The predicted octanol–water partition coefficient (Wildman–Crippen LogP) is 2.75. The van der Waals surface area contributed by atoms with Crippen molar-refractivity contribution in [3.05, 3.63) is 65.2 Å². The smallest absolute Gasteiger partial charge is 0.290 e. The van der Waals surface area contributed by atoms with Gasteiger partial charge in [0.25, 0.3) is 5.91 Å². The monoisotopic (exact) mass is 339 g/mol. The third-order valence-electron chi connectivity index (χ3n) is 4.26. The Balaban J connectivity index is 1.49. The van der Waals surface area contributed by atoms with Crippen LogP contribution in [0.5, 0.6) is 5.75 Å². The summed E-state index contributed by atoms with van der Waals surface area (Å²) in [6.07, 6.45) is 5.48. The van der Waals surface area contributed by atoms with Gasteiger partial charge in [0, 0.05) is 30.3 Å². The summed E-state index contributed by atoms with van der Waals surface area (Å²) in [4.78, 5) is 18.4. The van der Waals surface area contributed by atoms with Crippen molar-refractivity contribution in [1.29, 1.82) is 0 Å². The highest BCUT2D eigenvalue weighted by atomic mass is 16.5. The minimum Gasteiger partial charge on any atom is -0.486 e. The molecule has 0 aromatic carbocycles. The number of hydrogen-bond donors (Lipinski definition) is 0. The molecule has 0 bridgehead atoms. The summed E-state index contributed by atoms with van der Waals surface area (Å²) >= 11 is 0. The first-order chi connectivity index (χ1) is 12.2. The number of nitrogens with zero attached hydrogens (tertiary/aromatic N) is 3. The fraction of sp³-hybridized carbons (Fsp3) is 0.278. The Hall–Kier alpha value is -3.09. The number of carbonyl (C=O) groups excluding carboxylic acids is 1. The van der Waals surface area contributed by atoms with Gasteiger partial charge in [-0.1, -0.05) is 5.16 Å². The molecule has 25 heavy (non-hydrogen) atoms. The van der Waals surface area contributed by atoms with Gasteiger partial charge < -0.3 is 18.6 Å². The van der Waals surface area contributed by atoms with Crippen molar-refractivity contribution < 1.29 is 18.5 Å². The number of amides is 1. The lowest BCUT2D eigenvalue weighted by atomic mass is 10.1. The first kappa shape index (κ1) is 15.4. The van der Waals surface area contributed by atoms with E-state index in [1.54, 1.807) is 29.4 Å². The molecular weight excluding hydrogens is 322 g/mol. The van der Waals surface area contributed by atoms with Crippen LogP contribution in [0.15, 0.2) is 45.8 Å². The first-order valence-electron chi connectivity index (χ1n) is 8.05. The zero-order valence-electron chi connectivity index (χ0n) is 13.8. The molecule has 0 saturated carbocycles. The van der Waals surface area contributed by atoms with Gasteiger partial charge >= 0.3 is 0 Å². The van der Waals surface area contributed by atoms with E-state index in [1.165, 1.54) is 6.26 Å². The Labute approximate surface area is 144 Å². The van der Waals surface area contributed by atoms with E-state index in [2.05, 4.69) is 10.1 Å². The number of aromatic nitrogens is 2. The Morgan fingerprint density at radius 1 is 1.40 bits per heavy atom. The molecule has 7 heteroatoms. The third kappa shape index (κ3) is 3.00. The number of furan rings is 1. The topological polar surface area (TPSA) is 81.6 Å². The van der Waals surface area contributed by atoms with Gasteiger partial charge in [-0.3, -0.25) is 9.78 Å². The van der Waals surface area contributed by atoms with Crippen molar-refractivity contribution in [2.45, 2.75) is 26.5 Å². The molecule has 4 heterocycles. The molecule has 0 radical (unpaired) electrons. The molecule has 0 fully saturated rings. The van der Waals surface area contributed by atoms with E-state index in [0.717, 1.165) is 16.9 Å². The number of aryl methyl sites for hydroxylation is 1. The van der Waals surface area contributed by atoms with E-state index in [4.69, 9.17) is 13.7 Å². The van der Waals surface area contributed by atoms with Crippen molar-refractivity contribution in [2.24, 2.45) is 0 Å². The second-order valence-corrected chi connectivity index (χ2v) is 5.92. The number of fused-ring (bicyclic) bond motifs is 1. The maximum atomic E-state index is 12.6. The maximum absolute atomic E-state index is 12.6. The molecule has 4 rings (SSSR count). The highest BCUT2D eigenvalue weighted by Crippen LogP contribution is 2.25. The molecule has 3 aromatic heterocycles. The standard InChI is InChI=1S/C18H17N3O4/c1-12-5-8-23-17(12)18(22)21-7-4-16-14(10-21)15(20-25-16)11-24-13-3-2-6-19-9-13/h2-3,5-6,8-9H,4,7,10-11H2,1H3. The molecule has 0 spiro atoms. The van der Waals surface area contributed by atoms with Crippen molar-refractivity contribution >= 4 is 5.91 Å². The summed E-state index contributed by atoms with van der Waals surface area (Å²) in [7, 11) is 0. The quantitative estimate of drug-likeness (QED) is 0.727. The lowest BCUT2D eigenvalue weighted by molar-refractivity contribution is 0.0695. The van der Waals surface area contributed by atoms with Crippen LogP contribution in [-0.4, -0.2) is 27.5 Å². The van der Waals surface area contributed by atoms with E-state index < -0.39 is 0 Å². The van der Waals surface area contributed by atoms with Gasteiger partial charge in [0.2, 0.25) is 0 Å². The lowest BCUT2D eigenvalue weighted by Crippen LogP contribution is -2.36. The first-order valence-corrected chi connectivity index (χ1v) is 8.05. The van der Waals surface area contributed by atoms with Crippen LogP contribution in [0.25, 0.3) is 0 Å². The minimum atomic E-state index is -0.117. The van der Waals surface area contributed by atoms with Crippen LogP contribution in [0.2, 0.25) is 0 Å². The molecule has 7 nitrogen and oxygen atoms in total. The molecule has 3 aromatic rings. The van der Waals surface area contributed by atoms with Gasteiger partial charge in [-0.2, -0.15) is 0 Å². The van der Waals surface area contributed by atoms with E-state index >= 15 is 0 Å². The van der Waals surface area contributed by atoms with Crippen LogP contribution >= 0.6 is 0 Å². The normalized spacial score (nSPS) is 13.6. The van der Waals surface area contributed by atoms with Crippen LogP contribution in [-0.2, 0) is 19.6 Å². The fourth-order valence-electron chi connectivity index (χ4n) is 2.87. The predicted molar refractivity (Wildman–Crippen MR) is 87.0 cm³/mol. The van der Waals surface area contributed by atoms with Crippen LogP contribution < -0.4 is 4.74 Å². The Kier molecular flexibility index (Phi) is 3.97. The zero-order chi connectivity index (χ0) is 17.2. The molecule has 1 amide bonds. The van der Waals surface area contributed by atoms with E-state index in [9.17, 15) is 4.79 Å². The van der Waals surface area contributed by atoms with Crippen LogP contribution in [0.4, 0.5) is 0 Å². The van der Waals surface area contributed by atoms with Gasteiger partial charge in [-0.15, -0.1) is 0 Å². The van der Waals surface area contributed by atoms with Gasteiger partial charge in [-0.05, 0) is 25.1 Å². The summed E-state index contributed by atoms with van der Waals surface area (Å²) in [6.45, 7) is 3.14. The highest BCUT2D eigenvalue weighted by molar-refractivity contribution is 5.93. The molecule has 0 atom stereocenters. The van der Waals surface area contributed by atoms with Gasteiger partial charge in [-0.25, -0.2) is 0 Å². The summed E-state index contributed by atoms with van der Waals surface area (Å²) in [5.41, 5.74) is 2.45. The largest absolute Gasteiger partial charge is 0.486 e. The van der Waals surface area contributed by atoms with Crippen molar-refractivity contribution in [3.63, 3.8) is 0 Å². The number of pyridine rings is 1. The fourth-order valence-corrected chi connectivity index (χ4v) is 2.87.